The van der Waals surface area contributed by atoms with E-state index in [2.05, 4.69) is 25.4 Å². The lowest BCUT2D eigenvalue weighted by molar-refractivity contribution is -0.142. The lowest BCUT2D eigenvalue weighted by Crippen LogP contribution is -2.29. The summed E-state index contributed by atoms with van der Waals surface area (Å²) in [4.78, 5) is 11.2. The molecule has 0 aromatic rings. The monoisotopic (exact) mass is 233 g/mol. The summed E-state index contributed by atoms with van der Waals surface area (Å²) in [5, 5.41) is 3.11. The molecule has 0 aliphatic heterocycles. The molecule has 1 N–H and O–H groups in total. The van der Waals surface area contributed by atoms with E-state index in [-0.39, 0.29) is 5.97 Å². The summed E-state index contributed by atoms with van der Waals surface area (Å²) in [6, 6.07) is 0. The molecule has 3 nitrogen and oxygen atoms in total. The second-order valence-electron chi connectivity index (χ2n) is 3.77. The first-order chi connectivity index (χ1) is 7.20. The Kier molecular flexibility index (Phi) is 10.2. The summed E-state index contributed by atoms with van der Waals surface area (Å²) in [6.45, 7) is 6.02. The Morgan fingerprint density at radius 1 is 1.53 bits per heavy atom. The molecule has 0 aliphatic carbocycles. The summed E-state index contributed by atoms with van der Waals surface area (Å²) >= 11 is 1.83. The van der Waals surface area contributed by atoms with Crippen LogP contribution >= 0.6 is 11.8 Å². The van der Waals surface area contributed by atoms with Crippen molar-refractivity contribution in [2.45, 2.75) is 26.7 Å². The van der Waals surface area contributed by atoms with Crippen molar-refractivity contribution < 1.29 is 9.53 Å². The van der Waals surface area contributed by atoms with Gasteiger partial charge in [0.15, 0.2) is 0 Å². The number of hydrogen-bond donors (Lipinski definition) is 1. The second kappa shape index (κ2) is 10.3. The Labute approximate surface area is 97.3 Å². The third-order valence-corrected chi connectivity index (χ3v) is 2.88. The second-order valence-corrected chi connectivity index (χ2v) is 4.68. The van der Waals surface area contributed by atoms with Crippen LogP contribution in [0.4, 0.5) is 0 Å². The molecule has 0 heterocycles. The largest absolute Gasteiger partial charge is 0.465 e. The van der Waals surface area contributed by atoms with Crippen LogP contribution in [0.3, 0.4) is 0 Å². The van der Waals surface area contributed by atoms with Crippen molar-refractivity contribution >= 4 is 17.7 Å². The predicted molar refractivity (Wildman–Crippen MR) is 66.3 cm³/mol. The first-order valence-electron chi connectivity index (χ1n) is 5.56. The Hall–Kier alpha value is -0.220. The van der Waals surface area contributed by atoms with Gasteiger partial charge in [-0.25, -0.2) is 0 Å². The van der Waals surface area contributed by atoms with E-state index in [9.17, 15) is 4.79 Å². The SMILES string of the molecule is CCCCOC(=O)CNCC(C)CSC. The van der Waals surface area contributed by atoms with Crippen molar-refractivity contribution in [1.29, 1.82) is 0 Å². The molecule has 90 valence electrons. The van der Waals surface area contributed by atoms with E-state index in [1.807, 2.05) is 11.8 Å². The molecule has 1 unspecified atom stereocenters. The maximum absolute atomic E-state index is 11.2. The number of ether oxygens (including phenoxy) is 1. The van der Waals surface area contributed by atoms with Crippen molar-refractivity contribution in [2.24, 2.45) is 5.92 Å². The molecule has 4 heteroatoms. The smallest absolute Gasteiger partial charge is 0.319 e. The molecule has 0 radical (unpaired) electrons. The Morgan fingerprint density at radius 2 is 2.27 bits per heavy atom. The topological polar surface area (TPSA) is 38.3 Å². The van der Waals surface area contributed by atoms with Crippen LogP contribution in [0.5, 0.6) is 0 Å². The summed E-state index contributed by atoms with van der Waals surface area (Å²) in [7, 11) is 0. The third-order valence-electron chi connectivity index (χ3n) is 1.97. The number of carbonyl (C=O) groups excluding carboxylic acids is 1. The van der Waals surface area contributed by atoms with Gasteiger partial charge in [-0.2, -0.15) is 11.8 Å². The van der Waals surface area contributed by atoms with E-state index in [0.29, 0.717) is 19.1 Å². The van der Waals surface area contributed by atoms with Crippen LogP contribution < -0.4 is 5.32 Å². The van der Waals surface area contributed by atoms with Crippen molar-refractivity contribution in [2.75, 3.05) is 31.7 Å². The van der Waals surface area contributed by atoms with Crippen LogP contribution in [0.15, 0.2) is 0 Å². The maximum Gasteiger partial charge on any atom is 0.319 e. The van der Waals surface area contributed by atoms with Gasteiger partial charge in [-0.15, -0.1) is 0 Å². The number of carbonyl (C=O) groups is 1. The summed E-state index contributed by atoms with van der Waals surface area (Å²) in [6.07, 6.45) is 4.11. The molecular formula is C11H23NO2S. The van der Waals surface area contributed by atoms with E-state index in [1.165, 1.54) is 0 Å². The van der Waals surface area contributed by atoms with Gasteiger partial charge < -0.3 is 10.1 Å². The molecule has 0 aromatic heterocycles. The lowest BCUT2D eigenvalue weighted by atomic mass is 10.2. The average molecular weight is 233 g/mol. The number of esters is 1. The van der Waals surface area contributed by atoms with Crippen LogP contribution in [0.1, 0.15) is 26.7 Å². The molecule has 0 amide bonds. The molecule has 0 rings (SSSR count). The van der Waals surface area contributed by atoms with Gasteiger partial charge in [0.1, 0.15) is 0 Å². The normalized spacial score (nSPS) is 12.5. The first-order valence-corrected chi connectivity index (χ1v) is 6.95. The minimum atomic E-state index is -0.139. The van der Waals surface area contributed by atoms with Gasteiger partial charge in [-0.1, -0.05) is 20.3 Å². The molecule has 0 saturated heterocycles. The number of unbranched alkanes of at least 4 members (excludes halogenated alkanes) is 1. The van der Waals surface area contributed by atoms with Crippen LogP contribution in [0.2, 0.25) is 0 Å². The average Bonchev–Trinajstić information content (AvgIpc) is 2.18. The minimum absolute atomic E-state index is 0.139. The fourth-order valence-corrected chi connectivity index (χ4v) is 1.83. The van der Waals surface area contributed by atoms with Crippen molar-refractivity contribution in [3.8, 4) is 0 Å². The van der Waals surface area contributed by atoms with Crippen molar-refractivity contribution in [1.82, 2.24) is 5.32 Å². The van der Waals surface area contributed by atoms with E-state index in [0.717, 1.165) is 25.1 Å². The molecule has 0 saturated carbocycles. The van der Waals surface area contributed by atoms with Crippen molar-refractivity contribution in [3.63, 3.8) is 0 Å². The number of nitrogens with one attached hydrogen (secondary N) is 1. The Bertz CT molecular complexity index is 165. The highest BCUT2D eigenvalue weighted by Gasteiger charge is 2.04. The van der Waals surface area contributed by atoms with Gasteiger partial charge in [0.05, 0.1) is 13.2 Å². The number of thioether (sulfide) groups is 1. The van der Waals surface area contributed by atoms with E-state index < -0.39 is 0 Å². The van der Waals surface area contributed by atoms with E-state index >= 15 is 0 Å². The van der Waals surface area contributed by atoms with Crippen LogP contribution in [0, 0.1) is 5.92 Å². The fourth-order valence-electron chi connectivity index (χ4n) is 1.15. The minimum Gasteiger partial charge on any atom is -0.465 e. The van der Waals surface area contributed by atoms with Gasteiger partial charge in [0.2, 0.25) is 0 Å². The van der Waals surface area contributed by atoms with Crippen LogP contribution in [0.25, 0.3) is 0 Å². The fraction of sp³-hybridized carbons (Fsp3) is 0.909. The highest BCUT2D eigenvalue weighted by atomic mass is 32.2. The Balaban J connectivity index is 3.30. The quantitative estimate of drug-likeness (QED) is 0.488. The molecule has 1 atom stereocenters. The highest BCUT2D eigenvalue weighted by molar-refractivity contribution is 7.98. The number of hydrogen-bond acceptors (Lipinski definition) is 4. The molecule has 0 aromatic carbocycles. The first kappa shape index (κ1) is 14.8. The third kappa shape index (κ3) is 10.1. The maximum atomic E-state index is 11.2. The summed E-state index contributed by atoms with van der Waals surface area (Å²) in [5.74, 6) is 1.58. The molecule has 15 heavy (non-hydrogen) atoms. The predicted octanol–water partition coefficient (Wildman–Crippen LogP) is 1.92. The summed E-state index contributed by atoms with van der Waals surface area (Å²) < 4.78 is 5.02. The zero-order valence-electron chi connectivity index (χ0n) is 10.0. The van der Waals surface area contributed by atoms with Gasteiger partial charge in [0, 0.05) is 0 Å². The van der Waals surface area contributed by atoms with E-state index in [1.54, 1.807) is 0 Å². The molecule has 0 bridgehead atoms. The standard InChI is InChI=1S/C11H23NO2S/c1-4-5-6-14-11(13)8-12-7-10(2)9-15-3/h10,12H,4-9H2,1-3H3. The zero-order valence-corrected chi connectivity index (χ0v) is 10.9. The highest BCUT2D eigenvalue weighted by Crippen LogP contribution is 2.02. The molecule has 0 spiro atoms. The van der Waals surface area contributed by atoms with Gasteiger partial charge in [0.25, 0.3) is 0 Å². The van der Waals surface area contributed by atoms with Crippen molar-refractivity contribution in [3.05, 3.63) is 0 Å². The van der Waals surface area contributed by atoms with Gasteiger partial charge >= 0.3 is 5.97 Å². The molecular weight excluding hydrogens is 210 g/mol. The van der Waals surface area contributed by atoms with Gasteiger partial charge in [-0.3, -0.25) is 4.79 Å². The van der Waals surface area contributed by atoms with Crippen LogP contribution in [-0.2, 0) is 9.53 Å². The number of rotatable bonds is 9. The zero-order chi connectivity index (χ0) is 11.5. The summed E-state index contributed by atoms with van der Waals surface area (Å²) in [5.41, 5.74) is 0. The van der Waals surface area contributed by atoms with E-state index in [4.69, 9.17) is 4.74 Å². The molecule has 0 aliphatic rings. The van der Waals surface area contributed by atoms with Gasteiger partial charge in [-0.05, 0) is 30.9 Å². The lowest BCUT2D eigenvalue weighted by Gasteiger charge is -2.10. The molecule has 0 fully saturated rings. The Morgan fingerprint density at radius 3 is 2.87 bits per heavy atom. The van der Waals surface area contributed by atoms with Crippen LogP contribution in [-0.4, -0.2) is 37.7 Å².